The molecule has 0 saturated carbocycles. The Labute approximate surface area is 79.7 Å². The molecule has 1 N–H and O–H groups in total. The van der Waals surface area contributed by atoms with Gasteiger partial charge in [0, 0.05) is 19.0 Å². The molecule has 1 unspecified atom stereocenters. The number of hydrogen-bond acceptors (Lipinski definition) is 3. The first-order valence-electron chi connectivity index (χ1n) is 4.56. The zero-order valence-electron chi connectivity index (χ0n) is 8.08. The Morgan fingerprint density at radius 2 is 2.17 bits per heavy atom. The molecule has 0 aromatic carbocycles. The van der Waals surface area contributed by atoms with Crippen LogP contribution >= 0.6 is 11.8 Å². The molecule has 0 spiro atoms. The summed E-state index contributed by atoms with van der Waals surface area (Å²) >= 11 is 1.67. The van der Waals surface area contributed by atoms with E-state index in [9.17, 15) is 5.11 Å². The van der Waals surface area contributed by atoms with Crippen LogP contribution < -0.4 is 0 Å². The summed E-state index contributed by atoms with van der Waals surface area (Å²) < 4.78 is 5.32. The van der Waals surface area contributed by atoms with E-state index in [1.807, 2.05) is 6.26 Å². The summed E-state index contributed by atoms with van der Waals surface area (Å²) in [6.45, 7) is 3.68. The molecule has 0 aliphatic heterocycles. The highest BCUT2D eigenvalue weighted by molar-refractivity contribution is 7.98. The lowest BCUT2D eigenvalue weighted by Crippen LogP contribution is -2.13. The molecule has 2 nitrogen and oxygen atoms in total. The second-order valence-corrected chi connectivity index (χ2v) is 3.77. The van der Waals surface area contributed by atoms with Crippen molar-refractivity contribution in [3.8, 4) is 0 Å². The van der Waals surface area contributed by atoms with Crippen molar-refractivity contribution in [2.75, 3.05) is 25.2 Å². The van der Waals surface area contributed by atoms with Crippen LogP contribution in [0.3, 0.4) is 0 Å². The summed E-state index contributed by atoms with van der Waals surface area (Å²) in [6, 6.07) is 0. The fourth-order valence-electron chi connectivity index (χ4n) is 0.844. The van der Waals surface area contributed by atoms with Crippen molar-refractivity contribution in [2.24, 2.45) is 0 Å². The maximum Gasteiger partial charge on any atom is 0.0652 e. The topological polar surface area (TPSA) is 29.5 Å². The van der Waals surface area contributed by atoms with Crippen LogP contribution in [-0.4, -0.2) is 36.4 Å². The first kappa shape index (κ1) is 12.3. The Hall–Kier alpha value is 0.270. The van der Waals surface area contributed by atoms with Crippen LogP contribution in [0.4, 0.5) is 0 Å². The second kappa shape index (κ2) is 9.36. The maximum atomic E-state index is 9.30. The molecule has 0 bridgehead atoms. The summed E-state index contributed by atoms with van der Waals surface area (Å²) in [5, 5.41) is 9.30. The van der Waals surface area contributed by atoms with Crippen LogP contribution in [0.5, 0.6) is 0 Å². The van der Waals surface area contributed by atoms with Crippen LogP contribution in [-0.2, 0) is 4.74 Å². The molecular formula is C9H20O2S. The molecule has 0 aromatic heterocycles. The zero-order valence-corrected chi connectivity index (χ0v) is 8.90. The van der Waals surface area contributed by atoms with Crippen molar-refractivity contribution >= 4 is 11.8 Å². The van der Waals surface area contributed by atoms with Crippen molar-refractivity contribution in [1.82, 2.24) is 0 Å². The van der Waals surface area contributed by atoms with E-state index in [0.717, 1.165) is 25.2 Å². The van der Waals surface area contributed by atoms with E-state index in [1.165, 1.54) is 6.42 Å². The van der Waals surface area contributed by atoms with Crippen molar-refractivity contribution in [3.05, 3.63) is 0 Å². The van der Waals surface area contributed by atoms with Crippen molar-refractivity contribution in [1.29, 1.82) is 0 Å². The predicted octanol–water partition coefficient (Wildman–Crippen LogP) is 1.92. The fraction of sp³-hybridized carbons (Fsp3) is 1.00. The lowest BCUT2D eigenvalue weighted by molar-refractivity contribution is 0.0894. The van der Waals surface area contributed by atoms with Gasteiger partial charge in [-0.25, -0.2) is 0 Å². The molecule has 0 saturated heterocycles. The molecule has 0 aliphatic carbocycles. The Balaban J connectivity index is 2.97. The number of aliphatic hydroxyl groups excluding tert-OH is 1. The number of aliphatic hydroxyl groups is 1. The summed E-state index contributed by atoms with van der Waals surface area (Å²) in [7, 11) is 0. The van der Waals surface area contributed by atoms with Gasteiger partial charge in [-0.2, -0.15) is 11.8 Å². The van der Waals surface area contributed by atoms with Gasteiger partial charge in [0.2, 0.25) is 0 Å². The van der Waals surface area contributed by atoms with Gasteiger partial charge in [-0.1, -0.05) is 13.3 Å². The average molecular weight is 192 g/mol. The van der Waals surface area contributed by atoms with Gasteiger partial charge < -0.3 is 9.84 Å². The van der Waals surface area contributed by atoms with Gasteiger partial charge >= 0.3 is 0 Å². The Bertz CT molecular complexity index is 88.6. The monoisotopic (exact) mass is 192 g/mol. The molecule has 0 radical (unpaired) electrons. The normalized spacial score (nSPS) is 13.2. The van der Waals surface area contributed by atoms with E-state index in [0.29, 0.717) is 6.61 Å². The summed E-state index contributed by atoms with van der Waals surface area (Å²) in [5.74, 6) is 0.817. The largest absolute Gasteiger partial charge is 0.392 e. The minimum absolute atomic E-state index is 0.193. The number of unbranched alkanes of at least 4 members (excludes halogenated alkanes) is 1. The third-order valence-corrected chi connectivity index (χ3v) is 2.31. The van der Waals surface area contributed by atoms with Crippen LogP contribution in [0, 0.1) is 0 Å². The van der Waals surface area contributed by atoms with Crippen LogP contribution in [0.1, 0.15) is 26.2 Å². The second-order valence-electron chi connectivity index (χ2n) is 2.86. The van der Waals surface area contributed by atoms with E-state index >= 15 is 0 Å². The van der Waals surface area contributed by atoms with E-state index < -0.39 is 0 Å². The molecule has 0 aliphatic rings. The van der Waals surface area contributed by atoms with Gasteiger partial charge in [0.25, 0.3) is 0 Å². The molecule has 1 atom stereocenters. The highest BCUT2D eigenvalue weighted by Gasteiger charge is 2.01. The van der Waals surface area contributed by atoms with E-state index in [-0.39, 0.29) is 6.10 Å². The van der Waals surface area contributed by atoms with Crippen molar-refractivity contribution in [2.45, 2.75) is 32.3 Å². The van der Waals surface area contributed by atoms with Gasteiger partial charge in [0.05, 0.1) is 6.10 Å². The smallest absolute Gasteiger partial charge is 0.0652 e. The number of ether oxygens (including phenoxy) is 1. The third-order valence-electron chi connectivity index (χ3n) is 1.60. The first-order chi connectivity index (χ1) is 5.81. The summed E-state index contributed by atoms with van der Waals surface area (Å²) in [5.41, 5.74) is 0. The first-order valence-corrected chi connectivity index (χ1v) is 5.95. The highest BCUT2D eigenvalue weighted by atomic mass is 32.2. The van der Waals surface area contributed by atoms with Gasteiger partial charge in [-0.15, -0.1) is 0 Å². The highest BCUT2D eigenvalue weighted by Crippen LogP contribution is 2.01. The molecule has 12 heavy (non-hydrogen) atoms. The van der Waals surface area contributed by atoms with Crippen molar-refractivity contribution in [3.63, 3.8) is 0 Å². The van der Waals surface area contributed by atoms with Crippen LogP contribution in [0.2, 0.25) is 0 Å². The van der Waals surface area contributed by atoms with Gasteiger partial charge in [-0.05, 0) is 19.1 Å². The van der Waals surface area contributed by atoms with Gasteiger partial charge in [0.15, 0.2) is 0 Å². The van der Waals surface area contributed by atoms with Gasteiger partial charge in [0.1, 0.15) is 0 Å². The number of hydrogen-bond donors (Lipinski definition) is 1. The standard InChI is InChI=1S/C9H20O2S/c1-3-4-6-11-7-5-9(10)8-12-2/h9-10H,3-8H2,1-2H3. The fourth-order valence-corrected chi connectivity index (χ4v) is 1.39. The quantitative estimate of drug-likeness (QED) is 0.596. The van der Waals surface area contributed by atoms with E-state index in [4.69, 9.17) is 4.74 Å². The Morgan fingerprint density at radius 3 is 2.75 bits per heavy atom. The molecule has 0 fully saturated rings. The van der Waals surface area contributed by atoms with Gasteiger partial charge in [-0.3, -0.25) is 0 Å². The van der Waals surface area contributed by atoms with E-state index in [2.05, 4.69) is 6.92 Å². The molecule has 0 heterocycles. The van der Waals surface area contributed by atoms with Crippen LogP contribution in [0.15, 0.2) is 0 Å². The lowest BCUT2D eigenvalue weighted by Gasteiger charge is -2.08. The predicted molar refractivity (Wildman–Crippen MR) is 54.7 cm³/mol. The summed E-state index contributed by atoms with van der Waals surface area (Å²) in [6.07, 6.45) is 4.87. The molecule has 3 heteroatoms. The number of thioether (sulfide) groups is 1. The van der Waals surface area contributed by atoms with E-state index in [1.54, 1.807) is 11.8 Å². The lowest BCUT2D eigenvalue weighted by atomic mass is 10.3. The van der Waals surface area contributed by atoms with Crippen molar-refractivity contribution < 1.29 is 9.84 Å². The molecule has 0 aromatic rings. The Kier molecular flexibility index (Phi) is 9.57. The molecule has 0 amide bonds. The Morgan fingerprint density at radius 1 is 1.42 bits per heavy atom. The maximum absolute atomic E-state index is 9.30. The average Bonchev–Trinajstić information content (AvgIpc) is 2.05. The third kappa shape index (κ3) is 8.37. The minimum atomic E-state index is -0.193. The zero-order chi connectivity index (χ0) is 9.23. The SMILES string of the molecule is CCCCOCCC(O)CSC. The van der Waals surface area contributed by atoms with Crippen LogP contribution in [0.25, 0.3) is 0 Å². The summed E-state index contributed by atoms with van der Waals surface area (Å²) in [4.78, 5) is 0. The molecular weight excluding hydrogens is 172 g/mol. The minimum Gasteiger partial charge on any atom is -0.392 e. The molecule has 0 rings (SSSR count). The molecule has 74 valence electrons. The number of rotatable bonds is 8.